The average molecular weight is 332 g/mol. The topological polar surface area (TPSA) is 130 Å². The lowest BCUT2D eigenvalue weighted by molar-refractivity contribution is -0.250. The monoisotopic (exact) mass is 332 g/mol. The van der Waals surface area contributed by atoms with Crippen LogP contribution >= 0.6 is 0 Å². The number of hydrogen-bond acceptors (Lipinski definition) is 5. The highest BCUT2D eigenvalue weighted by atomic mass is 17.2. The first-order valence-electron chi connectivity index (χ1n) is 7.49. The lowest BCUT2D eigenvalue weighted by Crippen LogP contribution is -2.40. The number of carboxylic acid groups (broad SMARTS) is 3. The summed E-state index contributed by atoms with van der Waals surface area (Å²) < 4.78 is 0. The molecular formula is C15H24O8. The van der Waals surface area contributed by atoms with Gasteiger partial charge in [-0.1, -0.05) is 33.1 Å². The van der Waals surface area contributed by atoms with Crippen molar-refractivity contribution in [3.05, 3.63) is 11.8 Å². The van der Waals surface area contributed by atoms with Gasteiger partial charge in [0.05, 0.1) is 12.2 Å². The first-order chi connectivity index (χ1) is 10.8. The van der Waals surface area contributed by atoms with E-state index in [9.17, 15) is 24.6 Å². The first kappa shape index (κ1) is 20.9. The molecule has 0 amide bonds. The van der Waals surface area contributed by atoms with Crippen LogP contribution in [0.2, 0.25) is 0 Å². The average Bonchev–Trinajstić information content (AvgIpc) is 2.48. The van der Waals surface area contributed by atoms with Crippen molar-refractivity contribution in [1.82, 2.24) is 0 Å². The third kappa shape index (κ3) is 6.68. The molecule has 0 saturated heterocycles. The second-order valence-corrected chi connectivity index (χ2v) is 5.19. The molecule has 0 aliphatic rings. The maximum atomic E-state index is 11.5. The fourth-order valence-corrected chi connectivity index (χ4v) is 1.86. The summed E-state index contributed by atoms with van der Waals surface area (Å²) in [4.78, 5) is 43.5. The van der Waals surface area contributed by atoms with Gasteiger partial charge in [0.25, 0.3) is 0 Å². The third-order valence-electron chi connectivity index (χ3n) is 3.38. The fourth-order valence-electron chi connectivity index (χ4n) is 1.86. The van der Waals surface area contributed by atoms with Gasteiger partial charge in [0, 0.05) is 6.42 Å². The van der Waals surface area contributed by atoms with Gasteiger partial charge in [-0.2, -0.15) is 4.89 Å². The first-order valence-corrected chi connectivity index (χ1v) is 7.49. The maximum absolute atomic E-state index is 11.5. The van der Waals surface area contributed by atoms with E-state index in [0.717, 1.165) is 12.7 Å². The molecule has 0 spiro atoms. The summed E-state index contributed by atoms with van der Waals surface area (Å²) in [5.74, 6) is -4.59. The summed E-state index contributed by atoms with van der Waals surface area (Å²) in [6, 6.07) is 0. The molecule has 0 fully saturated rings. The van der Waals surface area contributed by atoms with Crippen LogP contribution in [-0.2, 0) is 24.2 Å². The van der Waals surface area contributed by atoms with Crippen LogP contribution in [0.25, 0.3) is 0 Å². The molecule has 132 valence electrons. The zero-order valence-electron chi connectivity index (χ0n) is 13.4. The molecule has 0 heterocycles. The van der Waals surface area contributed by atoms with Gasteiger partial charge < -0.3 is 20.2 Å². The minimum Gasteiger partial charge on any atom is -0.480 e. The number of unbranched alkanes of at least 4 members (excludes halogenated alkanes) is 2. The molecule has 0 aromatic carbocycles. The van der Waals surface area contributed by atoms with Gasteiger partial charge in [-0.25, -0.2) is 4.79 Å². The smallest absolute Gasteiger partial charge is 0.334 e. The summed E-state index contributed by atoms with van der Waals surface area (Å²) >= 11 is 0. The van der Waals surface area contributed by atoms with Crippen molar-refractivity contribution in [3.63, 3.8) is 0 Å². The van der Waals surface area contributed by atoms with Crippen LogP contribution in [0.5, 0.6) is 0 Å². The molecule has 3 N–H and O–H groups in total. The Morgan fingerprint density at radius 1 is 1.00 bits per heavy atom. The second-order valence-electron chi connectivity index (χ2n) is 5.19. The van der Waals surface area contributed by atoms with Crippen LogP contribution in [0.15, 0.2) is 11.8 Å². The van der Waals surface area contributed by atoms with Crippen molar-refractivity contribution in [1.29, 1.82) is 0 Å². The van der Waals surface area contributed by atoms with Crippen molar-refractivity contribution in [2.75, 3.05) is 6.61 Å². The Labute approximate surface area is 134 Å². The van der Waals surface area contributed by atoms with Crippen LogP contribution in [0.4, 0.5) is 0 Å². The van der Waals surface area contributed by atoms with E-state index in [4.69, 9.17) is 9.99 Å². The zero-order chi connectivity index (χ0) is 17.9. The van der Waals surface area contributed by atoms with Crippen molar-refractivity contribution in [3.8, 4) is 0 Å². The maximum Gasteiger partial charge on any atom is 0.334 e. The van der Waals surface area contributed by atoms with E-state index in [1.807, 2.05) is 6.92 Å². The van der Waals surface area contributed by atoms with Gasteiger partial charge in [0.2, 0.25) is 0 Å². The molecule has 0 aliphatic carbocycles. The van der Waals surface area contributed by atoms with Crippen molar-refractivity contribution >= 4 is 17.9 Å². The minimum absolute atomic E-state index is 0.171. The Morgan fingerprint density at radius 3 is 2.00 bits per heavy atom. The van der Waals surface area contributed by atoms with Gasteiger partial charge in [0.15, 0.2) is 5.41 Å². The summed E-state index contributed by atoms with van der Waals surface area (Å²) in [5, 5.41) is 27.8. The predicted octanol–water partition coefficient (Wildman–Crippen LogP) is 2.44. The van der Waals surface area contributed by atoms with E-state index in [-0.39, 0.29) is 13.0 Å². The Hall–Kier alpha value is -2.09. The molecule has 0 atom stereocenters. The Bertz CT molecular complexity index is 427. The highest BCUT2D eigenvalue weighted by molar-refractivity contribution is 6.00. The van der Waals surface area contributed by atoms with Crippen LogP contribution in [0.3, 0.4) is 0 Å². The van der Waals surface area contributed by atoms with Gasteiger partial charge in [-0.3, -0.25) is 9.59 Å². The molecule has 0 unspecified atom stereocenters. The zero-order valence-corrected chi connectivity index (χ0v) is 13.4. The Morgan fingerprint density at radius 2 is 1.57 bits per heavy atom. The number of aliphatic carboxylic acids is 3. The normalized spacial score (nSPS) is 12.0. The van der Waals surface area contributed by atoms with E-state index in [0.29, 0.717) is 19.3 Å². The lowest BCUT2D eigenvalue weighted by atomic mass is 9.77. The fraction of sp³-hybridized carbons (Fsp3) is 0.667. The summed E-state index contributed by atoms with van der Waals surface area (Å²) in [7, 11) is 0. The highest BCUT2D eigenvalue weighted by Gasteiger charge is 2.47. The molecule has 0 aliphatic heterocycles. The molecule has 8 heteroatoms. The van der Waals surface area contributed by atoms with E-state index < -0.39 is 35.3 Å². The molecule has 0 rings (SSSR count). The number of carbonyl (C=O) groups is 3. The number of carboxylic acids is 3. The van der Waals surface area contributed by atoms with Gasteiger partial charge >= 0.3 is 17.9 Å². The molecule has 0 radical (unpaired) electrons. The van der Waals surface area contributed by atoms with E-state index in [2.05, 4.69) is 4.89 Å². The van der Waals surface area contributed by atoms with Crippen LogP contribution in [-0.4, -0.2) is 39.8 Å². The van der Waals surface area contributed by atoms with Crippen molar-refractivity contribution < 1.29 is 39.5 Å². The standard InChI is InChI=1S/C15H24O8/c1-3-5-7-15(13(18)19,14(20)21)9-11(12(16)17)10-23-22-8-6-4-2/h10H,3-9H2,1-2H3,(H,16,17)(H,18,19)(H,20,21)/b11-10+. The Balaban J connectivity index is 5.21. The molecule has 0 aromatic heterocycles. The second kappa shape index (κ2) is 10.6. The molecule has 0 saturated carbocycles. The third-order valence-corrected chi connectivity index (χ3v) is 3.38. The number of rotatable bonds is 13. The van der Waals surface area contributed by atoms with Crippen LogP contribution in [0, 0.1) is 5.41 Å². The summed E-state index contributed by atoms with van der Waals surface area (Å²) in [5.41, 5.74) is -2.67. The van der Waals surface area contributed by atoms with Crippen LogP contribution in [0.1, 0.15) is 52.4 Å². The van der Waals surface area contributed by atoms with E-state index in [1.165, 1.54) is 0 Å². The van der Waals surface area contributed by atoms with E-state index in [1.54, 1.807) is 6.92 Å². The molecule has 0 bridgehead atoms. The van der Waals surface area contributed by atoms with Crippen LogP contribution < -0.4 is 0 Å². The van der Waals surface area contributed by atoms with Gasteiger partial charge in [-0.05, 0) is 12.8 Å². The largest absolute Gasteiger partial charge is 0.480 e. The minimum atomic E-state index is -2.20. The predicted molar refractivity (Wildman–Crippen MR) is 79.5 cm³/mol. The number of hydrogen-bond donors (Lipinski definition) is 3. The molecule has 23 heavy (non-hydrogen) atoms. The van der Waals surface area contributed by atoms with E-state index >= 15 is 0 Å². The quantitative estimate of drug-likeness (QED) is 0.117. The molecular weight excluding hydrogens is 308 g/mol. The SMILES string of the molecule is CCCCOO/C=C(\CC(CCCC)(C(=O)O)C(=O)O)C(=O)O. The van der Waals surface area contributed by atoms with Crippen molar-refractivity contribution in [2.24, 2.45) is 5.41 Å². The van der Waals surface area contributed by atoms with Gasteiger partial charge in [0.1, 0.15) is 6.26 Å². The van der Waals surface area contributed by atoms with Gasteiger partial charge in [-0.15, -0.1) is 0 Å². The lowest BCUT2D eigenvalue weighted by Gasteiger charge is -2.24. The Kier molecular flexibility index (Phi) is 9.64. The molecule has 0 aromatic rings. The molecule has 8 nitrogen and oxygen atoms in total. The summed E-state index contributed by atoms with van der Waals surface area (Å²) in [6.07, 6.45) is 2.40. The summed E-state index contributed by atoms with van der Waals surface area (Å²) in [6.45, 7) is 3.97. The van der Waals surface area contributed by atoms with Crippen molar-refractivity contribution in [2.45, 2.75) is 52.4 Å². The highest BCUT2D eigenvalue weighted by Crippen LogP contribution is 2.33.